The molecule has 0 bridgehead atoms. The van der Waals surface area contributed by atoms with Crippen molar-refractivity contribution in [2.45, 2.75) is 19.4 Å². The number of hydrogen-bond donors (Lipinski definition) is 2. The third-order valence-corrected chi connectivity index (χ3v) is 4.22. The van der Waals surface area contributed by atoms with Gasteiger partial charge in [0.2, 0.25) is 5.91 Å². The van der Waals surface area contributed by atoms with Gasteiger partial charge in [-0.15, -0.1) is 0 Å². The Morgan fingerprint density at radius 1 is 1.24 bits per heavy atom. The second kappa shape index (κ2) is 7.25. The van der Waals surface area contributed by atoms with E-state index < -0.39 is 0 Å². The highest BCUT2D eigenvalue weighted by atomic mass is 16.5. The van der Waals surface area contributed by atoms with Gasteiger partial charge in [-0.1, -0.05) is 12.1 Å². The molecule has 0 spiro atoms. The zero-order valence-corrected chi connectivity index (χ0v) is 14.0. The lowest BCUT2D eigenvalue weighted by Gasteiger charge is -2.16. The van der Waals surface area contributed by atoms with Crippen LogP contribution in [-0.2, 0) is 11.3 Å². The number of nitrogens with zero attached hydrogens (tertiary/aromatic N) is 1. The maximum atomic E-state index is 12.2. The van der Waals surface area contributed by atoms with E-state index in [0.717, 1.165) is 24.2 Å². The third-order valence-electron chi connectivity index (χ3n) is 4.22. The molecule has 1 heterocycles. The molecule has 0 radical (unpaired) electrons. The molecule has 25 heavy (non-hydrogen) atoms. The number of phenols is 1. The minimum Gasteiger partial charge on any atom is -0.507 e. The number of anilines is 1. The molecule has 0 aliphatic carbocycles. The summed E-state index contributed by atoms with van der Waals surface area (Å²) in [6.45, 7) is 1.09. The van der Waals surface area contributed by atoms with Gasteiger partial charge in [0, 0.05) is 31.3 Å². The largest absolute Gasteiger partial charge is 0.507 e. The third kappa shape index (κ3) is 3.74. The molecule has 1 fully saturated rings. The van der Waals surface area contributed by atoms with E-state index in [4.69, 9.17) is 4.74 Å². The van der Waals surface area contributed by atoms with Crippen molar-refractivity contribution in [3.63, 3.8) is 0 Å². The predicted molar refractivity (Wildman–Crippen MR) is 93.9 cm³/mol. The number of aromatic hydroxyl groups is 1. The average molecular weight is 340 g/mol. The van der Waals surface area contributed by atoms with Gasteiger partial charge in [0.25, 0.3) is 5.91 Å². The van der Waals surface area contributed by atoms with Crippen molar-refractivity contribution in [2.24, 2.45) is 0 Å². The molecular weight excluding hydrogens is 320 g/mol. The lowest BCUT2D eigenvalue weighted by molar-refractivity contribution is -0.117. The molecule has 2 aromatic rings. The lowest BCUT2D eigenvalue weighted by Crippen LogP contribution is -2.24. The molecule has 0 saturated carbocycles. The Balaban J connectivity index is 1.61. The maximum absolute atomic E-state index is 12.2. The summed E-state index contributed by atoms with van der Waals surface area (Å²) < 4.78 is 5.00. The monoisotopic (exact) mass is 340 g/mol. The second-order valence-electron chi connectivity index (χ2n) is 5.88. The molecule has 0 aromatic heterocycles. The minimum atomic E-state index is -0.362. The second-order valence-corrected chi connectivity index (χ2v) is 5.88. The Labute approximate surface area is 146 Å². The zero-order chi connectivity index (χ0) is 17.8. The molecule has 6 heteroatoms. The van der Waals surface area contributed by atoms with Gasteiger partial charge in [-0.25, -0.2) is 0 Å². The van der Waals surface area contributed by atoms with Crippen LogP contribution in [0.15, 0.2) is 42.5 Å². The summed E-state index contributed by atoms with van der Waals surface area (Å²) in [5.74, 6) is 0.149. The van der Waals surface area contributed by atoms with Crippen molar-refractivity contribution < 1.29 is 19.4 Å². The van der Waals surface area contributed by atoms with Crippen molar-refractivity contribution in [3.8, 4) is 11.5 Å². The number of ether oxygens (including phenoxy) is 1. The number of rotatable bonds is 5. The highest BCUT2D eigenvalue weighted by Crippen LogP contribution is 2.24. The van der Waals surface area contributed by atoms with E-state index in [9.17, 15) is 14.7 Å². The number of amides is 2. The van der Waals surface area contributed by atoms with Gasteiger partial charge in [-0.3, -0.25) is 9.59 Å². The summed E-state index contributed by atoms with van der Waals surface area (Å²) in [4.78, 5) is 25.7. The van der Waals surface area contributed by atoms with Crippen molar-refractivity contribution in [1.82, 2.24) is 5.32 Å². The standard InChI is InChI=1S/C19H20N2O4/c1-25-15-8-9-16(17(22)11-15)19(24)20-12-13-4-6-14(7-5-13)21-10-2-3-18(21)23/h4-9,11,22H,2-3,10,12H2,1H3,(H,20,24). The van der Waals surface area contributed by atoms with Crippen molar-refractivity contribution in [2.75, 3.05) is 18.6 Å². The number of hydrogen-bond acceptors (Lipinski definition) is 4. The van der Waals surface area contributed by atoms with Crippen LogP contribution in [0.4, 0.5) is 5.69 Å². The van der Waals surface area contributed by atoms with E-state index >= 15 is 0 Å². The van der Waals surface area contributed by atoms with Crippen LogP contribution in [-0.4, -0.2) is 30.6 Å². The lowest BCUT2D eigenvalue weighted by atomic mass is 10.1. The molecule has 2 amide bonds. The molecule has 2 N–H and O–H groups in total. The summed E-state index contributed by atoms with van der Waals surface area (Å²) in [5.41, 5.74) is 1.99. The van der Waals surface area contributed by atoms with Gasteiger partial charge < -0.3 is 20.1 Å². The number of carbonyl (C=O) groups excluding carboxylic acids is 2. The summed E-state index contributed by atoms with van der Waals surface area (Å²) in [6.07, 6.45) is 1.49. The molecule has 130 valence electrons. The quantitative estimate of drug-likeness (QED) is 0.876. The van der Waals surface area contributed by atoms with E-state index in [-0.39, 0.29) is 23.1 Å². The van der Waals surface area contributed by atoms with E-state index in [2.05, 4.69) is 5.32 Å². The number of methoxy groups -OCH3 is 1. The SMILES string of the molecule is COc1ccc(C(=O)NCc2ccc(N3CCCC3=O)cc2)c(O)c1. The molecule has 1 aliphatic heterocycles. The Bertz CT molecular complexity index is 787. The first kappa shape index (κ1) is 16.8. The normalized spacial score (nSPS) is 13.8. The summed E-state index contributed by atoms with van der Waals surface area (Å²) in [7, 11) is 1.49. The summed E-state index contributed by atoms with van der Waals surface area (Å²) >= 11 is 0. The fourth-order valence-corrected chi connectivity index (χ4v) is 2.82. The molecule has 6 nitrogen and oxygen atoms in total. The molecular formula is C19H20N2O4. The minimum absolute atomic E-state index is 0.125. The van der Waals surface area contributed by atoms with Crippen LogP contribution >= 0.6 is 0 Å². The van der Waals surface area contributed by atoms with Gasteiger partial charge in [0.15, 0.2) is 0 Å². The molecule has 3 rings (SSSR count). The van der Waals surface area contributed by atoms with E-state index in [1.54, 1.807) is 11.0 Å². The Hall–Kier alpha value is -3.02. The smallest absolute Gasteiger partial charge is 0.255 e. The molecule has 1 saturated heterocycles. The fraction of sp³-hybridized carbons (Fsp3) is 0.263. The first-order valence-electron chi connectivity index (χ1n) is 8.13. The predicted octanol–water partition coefficient (Wildman–Crippen LogP) is 2.46. The van der Waals surface area contributed by atoms with Gasteiger partial charge >= 0.3 is 0 Å². The van der Waals surface area contributed by atoms with Crippen LogP contribution in [0, 0.1) is 0 Å². The van der Waals surface area contributed by atoms with Crippen molar-refractivity contribution in [1.29, 1.82) is 0 Å². The Morgan fingerprint density at radius 2 is 2.00 bits per heavy atom. The number of phenolic OH excluding ortho intramolecular Hbond substituents is 1. The summed E-state index contributed by atoms with van der Waals surface area (Å²) in [5, 5.41) is 12.7. The van der Waals surface area contributed by atoms with E-state index in [1.165, 1.54) is 19.2 Å². The molecule has 1 aliphatic rings. The molecule has 0 atom stereocenters. The van der Waals surface area contributed by atoms with E-state index in [0.29, 0.717) is 18.7 Å². The van der Waals surface area contributed by atoms with Crippen LogP contribution in [0.1, 0.15) is 28.8 Å². The highest BCUT2D eigenvalue weighted by molar-refractivity contribution is 5.97. The van der Waals surface area contributed by atoms with Gasteiger partial charge in [-0.2, -0.15) is 0 Å². The topological polar surface area (TPSA) is 78.9 Å². The Kier molecular flexibility index (Phi) is 4.88. The van der Waals surface area contributed by atoms with Gasteiger partial charge in [0.1, 0.15) is 11.5 Å². The van der Waals surface area contributed by atoms with Crippen LogP contribution in [0.25, 0.3) is 0 Å². The van der Waals surface area contributed by atoms with Gasteiger partial charge in [-0.05, 0) is 36.2 Å². The zero-order valence-electron chi connectivity index (χ0n) is 14.0. The maximum Gasteiger partial charge on any atom is 0.255 e. The number of benzene rings is 2. The average Bonchev–Trinajstić information content (AvgIpc) is 3.06. The van der Waals surface area contributed by atoms with Crippen LogP contribution in [0.3, 0.4) is 0 Å². The van der Waals surface area contributed by atoms with Crippen LogP contribution < -0.4 is 15.0 Å². The van der Waals surface area contributed by atoms with Crippen molar-refractivity contribution >= 4 is 17.5 Å². The summed E-state index contributed by atoms with van der Waals surface area (Å²) in [6, 6.07) is 12.1. The molecule has 2 aromatic carbocycles. The number of carbonyl (C=O) groups is 2. The Morgan fingerprint density at radius 3 is 2.60 bits per heavy atom. The fourth-order valence-electron chi connectivity index (χ4n) is 2.82. The first-order valence-corrected chi connectivity index (χ1v) is 8.13. The van der Waals surface area contributed by atoms with Crippen molar-refractivity contribution in [3.05, 3.63) is 53.6 Å². The highest BCUT2D eigenvalue weighted by Gasteiger charge is 2.21. The first-order chi connectivity index (χ1) is 12.1. The number of nitrogens with one attached hydrogen (secondary N) is 1. The van der Waals surface area contributed by atoms with Gasteiger partial charge in [0.05, 0.1) is 12.7 Å². The van der Waals surface area contributed by atoms with E-state index in [1.807, 2.05) is 24.3 Å². The molecule has 0 unspecified atom stereocenters. The van der Waals surface area contributed by atoms with Crippen LogP contribution in [0.5, 0.6) is 11.5 Å². The van der Waals surface area contributed by atoms with Crippen LogP contribution in [0.2, 0.25) is 0 Å².